The SMILES string of the molecule is C=C(Nc1ccc(-n2c(C(F)(F)F)nc3ccccc32)cc1)c1ccc(C)c(F)c1F. The quantitative estimate of drug-likeness (QED) is 0.365. The summed E-state index contributed by atoms with van der Waals surface area (Å²) in [5.74, 6) is -3.01. The maximum absolute atomic E-state index is 14.2. The average molecular weight is 429 g/mol. The van der Waals surface area contributed by atoms with Gasteiger partial charge in [0.15, 0.2) is 11.6 Å². The van der Waals surface area contributed by atoms with E-state index >= 15 is 0 Å². The number of imidazole rings is 1. The van der Waals surface area contributed by atoms with Gasteiger partial charge in [-0.1, -0.05) is 24.8 Å². The van der Waals surface area contributed by atoms with Crippen molar-refractivity contribution in [2.24, 2.45) is 0 Å². The molecule has 0 unspecified atom stereocenters. The average Bonchev–Trinajstić information content (AvgIpc) is 3.13. The second-order valence-corrected chi connectivity index (χ2v) is 6.97. The Morgan fingerprint density at radius 3 is 2.29 bits per heavy atom. The van der Waals surface area contributed by atoms with E-state index in [4.69, 9.17) is 0 Å². The lowest BCUT2D eigenvalue weighted by Gasteiger charge is -2.14. The molecule has 1 N–H and O–H groups in total. The number of halogens is 5. The number of nitrogens with one attached hydrogen (secondary N) is 1. The van der Waals surface area contributed by atoms with Crippen LogP contribution in [0.3, 0.4) is 0 Å². The number of nitrogens with zero attached hydrogens (tertiary/aromatic N) is 2. The summed E-state index contributed by atoms with van der Waals surface area (Å²) in [4.78, 5) is 3.73. The maximum Gasteiger partial charge on any atom is 0.450 e. The molecule has 1 aromatic heterocycles. The highest BCUT2D eigenvalue weighted by molar-refractivity contribution is 5.79. The number of aryl methyl sites for hydroxylation is 1. The largest absolute Gasteiger partial charge is 0.450 e. The number of rotatable bonds is 4. The van der Waals surface area contributed by atoms with Crippen LogP contribution in [0.15, 0.2) is 67.2 Å². The maximum atomic E-state index is 14.2. The topological polar surface area (TPSA) is 29.9 Å². The zero-order chi connectivity index (χ0) is 22.3. The summed E-state index contributed by atoms with van der Waals surface area (Å²) in [6, 6.07) is 15.2. The molecule has 1 heterocycles. The van der Waals surface area contributed by atoms with E-state index in [0.29, 0.717) is 11.2 Å². The van der Waals surface area contributed by atoms with Gasteiger partial charge in [0, 0.05) is 22.6 Å². The molecule has 8 heteroatoms. The second kappa shape index (κ2) is 7.54. The number of alkyl halides is 3. The van der Waals surface area contributed by atoms with Crippen molar-refractivity contribution in [2.45, 2.75) is 13.1 Å². The summed E-state index contributed by atoms with van der Waals surface area (Å²) in [5.41, 5.74) is 1.50. The van der Waals surface area contributed by atoms with Crippen LogP contribution in [0.25, 0.3) is 22.4 Å². The van der Waals surface area contributed by atoms with Crippen molar-refractivity contribution >= 4 is 22.4 Å². The van der Waals surface area contributed by atoms with Crippen LogP contribution in [0.2, 0.25) is 0 Å². The molecule has 3 nitrogen and oxygen atoms in total. The van der Waals surface area contributed by atoms with Gasteiger partial charge < -0.3 is 5.32 Å². The summed E-state index contributed by atoms with van der Waals surface area (Å²) in [6.45, 7) is 5.18. The van der Waals surface area contributed by atoms with Gasteiger partial charge in [-0.15, -0.1) is 0 Å². The fraction of sp³-hybridized carbons (Fsp3) is 0.0870. The molecule has 0 radical (unpaired) electrons. The Bertz CT molecular complexity index is 1290. The molecule has 158 valence electrons. The molecular weight excluding hydrogens is 413 g/mol. The van der Waals surface area contributed by atoms with E-state index < -0.39 is 23.6 Å². The third kappa shape index (κ3) is 3.76. The van der Waals surface area contributed by atoms with Gasteiger partial charge in [0.05, 0.1) is 11.0 Å². The predicted molar refractivity (Wildman–Crippen MR) is 110 cm³/mol. The molecule has 4 aromatic rings. The van der Waals surface area contributed by atoms with E-state index in [1.165, 1.54) is 49.4 Å². The van der Waals surface area contributed by atoms with E-state index in [1.54, 1.807) is 18.2 Å². The summed E-state index contributed by atoms with van der Waals surface area (Å²) in [6.07, 6.45) is -4.64. The lowest BCUT2D eigenvalue weighted by Crippen LogP contribution is -2.13. The minimum Gasteiger partial charge on any atom is -0.355 e. The fourth-order valence-corrected chi connectivity index (χ4v) is 3.29. The lowest BCUT2D eigenvalue weighted by molar-refractivity contribution is -0.145. The van der Waals surface area contributed by atoms with Gasteiger partial charge >= 0.3 is 6.18 Å². The number of aromatic nitrogens is 2. The third-order valence-electron chi connectivity index (χ3n) is 4.84. The molecule has 0 aliphatic rings. The number of hydrogen-bond donors (Lipinski definition) is 1. The van der Waals surface area contributed by atoms with Gasteiger partial charge in [-0.05, 0) is 55.0 Å². The fourth-order valence-electron chi connectivity index (χ4n) is 3.29. The van der Waals surface area contributed by atoms with Crippen molar-refractivity contribution in [2.75, 3.05) is 5.32 Å². The van der Waals surface area contributed by atoms with Crippen molar-refractivity contribution in [3.05, 3.63) is 95.8 Å². The Kier molecular flexibility index (Phi) is 5.00. The first-order valence-electron chi connectivity index (χ1n) is 9.23. The van der Waals surface area contributed by atoms with Crippen molar-refractivity contribution in [3.63, 3.8) is 0 Å². The minimum absolute atomic E-state index is 0.0351. The summed E-state index contributed by atoms with van der Waals surface area (Å²) in [5, 5.41) is 2.85. The first-order valence-corrected chi connectivity index (χ1v) is 9.23. The third-order valence-corrected chi connectivity index (χ3v) is 4.84. The highest BCUT2D eigenvalue weighted by atomic mass is 19.4. The predicted octanol–water partition coefficient (Wildman–Crippen LogP) is 6.71. The van der Waals surface area contributed by atoms with Crippen LogP contribution in [0, 0.1) is 18.6 Å². The molecule has 0 aliphatic carbocycles. The molecule has 31 heavy (non-hydrogen) atoms. The molecule has 3 aromatic carbocycles. The number of anilines is 1. The number of benzene rings is 3. The van der Waals surface area contributed by atoms with Crippen LogP contribution in [-0.4, -0.2) is 9.55 Å². The highest BCUT2D eigenvalue weighted by Crippen LogP contribution is 2.34. The monoisotopic (exact) mass is 429 g/mol. The van der Waals surface area contributed by atoms with Crippen molar-refractivity contribution in [1.82, 2.24) is 9.55 Å². The van der Waals surface area contributed by atoms with Crippen LogP contribution in [-0.2, 0) is 6.18 Å². The standard InChI is InChI=1S/C23H16F5N3/c1-13-7-12-17(21(25)20(13)24)14(2)29-15-8-10-16(11-9-15)31-19-6-4-3-5-18(19)30-22(31)23(26,27)28/h3-12,29H,2H2,1H3. The van der Waals surface area contributed by atoms with Gasteiger partial charge in [0.25, 0.3) is 0 Å². The minimum atomic E-state index is -4.64. The Balaban J connectivity index is 1.67. The lowest BCUT2D eigenvalue weighted by atomic mass is 10.1. The first kappa shape index (κ1) is 20.6. The number of fused-ring (bicyclic) bond motifs is 1. The molecule has 0 saturated heterocycles. The Morgan fingerprint density at radius 2 is 1.61 bits per heavy atom. The first-order chi connectivity index (χ1) is 14.7. The van der Waals surface area contributed by atoms with Crippen LogP contribution >= 0.6 is 0 Å². The zero-order valence-electron chi connectivity index (χ0n) is 16.3. The van der Waals surface area contributed by atoms with Gasteiger partial charge in [0.1, 0.15) is 0 Å². The van der Waals surface area contributed by atoms with Gasteiger partial charge in [-0.3, -0.25) is 4.57 Å². The van der Waals surface area contributed by atoms with Gasteiger partial charge in [-0.2, -0.15) is 13.2 Å². The summed E-state index contributed by atoms with van der Waals surface area (Å²) in [7, 11) is 0. The molecule has 0 aliphatic heterocycles. The van der Waals surface area contributed by atoms with Gasteiger partial charge in [-0.25, -0.2) is 13.8 Å². The Labute approximate surface area is 174 Å². The summed E-state index contributed by atoms with van der Waals surface area (Å²) >= 11 is 0. The molecule has 0 atom stereocenters. The van der Waals surface area contributed by atoms with Crippen molar-refractivity contribution in [3.8, 4) is 5.69 Å². The smallest absolute Gasteiger partial charge is 0.355 e. The van der Waals surface area contributed by atoms with Crippen LogP contribution in [0.4, 0.5) is 27.6 Å². The summed E-state index contributed by atoms with van der Waals surface area (Å²) < 4.78 is 69.6. The van der Waals surface area contributed by atoms with E-state index in [1.807, 2.05) is 0 Å². The Morgan fingerprint density at radius 1 is 0.935 bits per heavy atom. The van der Waals surface area contributed by atoms with Crippen LogP contribution < -0.4 is 5.32 Å². The Hall–Kier alpha value is -3.68. The van der Waals surface area contributed by atoms with E-state index in [0.717, 1.165) is 4.57 Å². The van der Waals surface area contributed by atoms with Crippen molar-refractivity contribution < 1.29 is 22.0 Å². The number of para-hydroxylation sites is 2. The van der Waals surface area contributed by atoms with Gasteiger partial charge in [0.2, 0.25) is 5.82 Å². The van der Waals surface area contributed by atoms with E-state index in [2.05, 4.69) is 16.9 Å². The molecule has 0 spiro atoms. The molecule has 0 fully saturated rings. The molecule has 0 amide bonds. The number of hydrogen-bond acceptors (Lipinski definition) is 2. The van der Waals surface area contributed by atoms with Crippen molar-refractivity contribution in [1.29, 1.82) is 0 Å². The van der Waals surface area contributed by atoms with E-state index in [-0.39, 0.29) is 28.0 Å². The normalized spacial score (nSPS) is 11.7. The molecule has 0 bridgehead atoms. The zero-order valence-corrected chi connectivity index (χ0v) is 16.3. The molecule has 4 rings (SSSR count). The van der Waals surface area contributed by atoms with Crippen LogP contribution in [0.5, 0.6) is 0 Å². The molecule has 0 saturated carbocycles. The van der Waals surface area contributed by atoms with E-state index in [9.17, 15) is 22.0 Å². The molecular formula is C23H16F5N3. The highest BCUT2D eigenvalue weighted by Gasteiger charge is 2.38. The van der Waals surface area contributed by atoms with Crippen LogP contribution in [0.1, 0.15) is 17.0 Å². The second-order valence-electron chi connectivity index (χ2n) is 6.97.